The van der Waals surface area contributed by atoms with Crippen LogP contribution in [0.1, 0.15) is 20.8 Å². The number of piperazine rings is 1. The van der Waals surface area contributed by atoms with Crippen molar-refractivity contribution in [1.29, 1.82) is 0 Å². The average molecular weight is 247 g/mol. The van der Waals surface area contributed by atoms with Crippen molar-refractivity contribution < 1.29 is 15.0 Å². The molecule has 1 rings (SSSR count). The lowest BCUT2D eigenvalue weighted by Crippen LogP contribution is -2.57. The summed E-state index contributed by atoms with van der Waals surface area (Å²) in [5.74, 6) is 0. The number of β-amino-alcohol motifs (C(OH)–C–C–N with tert-alkyl or cyclic N) is 1. The second kappa shape index (κ2) is 7.47. The van der Waals surface area contributed by atoms with Crippen LogP contribution in [-0.4, -0.2) is 60.0 Å². The third kappa shape index (κ3) is 7.14. The van der Waals surface area contributed by atoms with Crippen molar-refractivity contribution in [3.8, 4) is 0 Å². The highest BCUT2D eigenvalue weighted by Gasteiger charge is 2.31. The van der Waals surface area contributed by atoms with E-state index in [0.717, 1.165) is 26.2 Å². The van der Waals surface area contributed by atoms with Gasteiger partial charge in [0.15, 0.2) is 0 Å². The highest BCUT2D eigenvalue weighted by atomic mass is 16.4. The Morgan fingerprint density at radius 2 is 2.06 bits per heavy atom. The van der Waals surface area contributed by atoms with Crippen molar-refractivity contribution in [2.75, 3.05) is 32.8 Å². The number of nitrogens with two attached hydrogens (primary N) is 1. The second-order valence-corrected chi connectivity index (χ2v) is 5.18. The predicted octanol–water partition coefficient (Wildman–Crippen LogP) is -0.0783. The van der Waals surface area contributed by atoms with Crippen LogP contribution in [0.4, 0.5) is 4.79 Å². The third-order valence-electron chi connectivity index (χ3n) is 2.74. The summed E-state index contributed by atoms with van der Waals surface area (Å²) in [5, 5.41) is 19.5. The van der Waals surface area contributed by atoms with Gasteiger partial charge in [-0.25, -0.2) is 4.79 Å². The zero-order valence-electron chi connectivity index (χ0n) is 10.9. The highest BCUT2D eigenvalue weighted by Crippen LogP contribution is 2.24. The van der Waals surface area contributed by atoms with Crippen molar-refractivity contribution in [2.24, 2.45) is 11.1 Å². The fourth-order valence-corrected chi connectivity index (χ4v) is 2.00. The van der Waals surface area contributed by atoms with Crippen LogP contribution in [0.15, 0.2) is 0 Å². The van der Waals surface area contributed by atoms with Crippen molar-refractivity contribution in [3.63, 3.8) is 0 Å². The van der Waals surface area contributed by atoms with E-state index < -0.39 is 6.09 Å². The average Bonchev–Trinajstić information content (AvgIpc) is 2.16. The number of carbonyl (C=O) groups is 1. The fraction of sp³-hybridized carbons (Fsp3) is 0.909. The molecule has 6 nitrogen and oxygen atoms in total. The molecule has 0 aromatic rings. The number of nitrogens with zero attached hydrogens (tertiary/aromatic N) is 1. The number of amides is 1. The monoisotopic (exact) mass is 247 g/mol. The molecule has 102 valence electrons. The molecule has 0 bridgehead atoms. The first kappa shape index (κ1) is 16.1. The maximum atomic E-state index is 8.94. The van der Waals surface area contributed by atoms with Crippen molar-refractivity contribution >= 4 is 6.09 Å². The Labute approximate surface area is 103 Å². The lowest BCUT2D eigenvalue weighted by molar-refractivity contribution is 0.0597. The molecule has 0 aromatic carbocycles. The lowest BCUT2D eigenvalue weighted by atomic mass is 9.84. The molecule has 0 aliphatic carbocycles. The molecule has 1 heterocycles. The molecule has 1 fully saturated rings. The van der Waals surface area contributed by atoms with Crippen LogP contribution >= 0.6 is 0 Å². The fourth-order valence-electron chi connectivity index (χ4n) is 2.00. The minimum Gasteiger partial charge on any atom is -0.465 e. The van der Waals surface area contributed by atoms with E-state index in [1.165, 1.54) is 0 Å². The van der Waals surface area contributed by atoms with Crippen molar-refractivity contribution in [3.05, 3.63) is 0 Å². The Hall–Kier alpha value is -0.850. The predicted molar refractivity (Wildman–Crippen MR) is 67.0 cm³/mol. The van der Waals surface area contributed by atoms with Crippen LogP contribution in [-0.2, 0) is 0 Å². The Balaban J connectivity index is 0.000000557. The Kier molecular flexibility index (Phi) is 7.10. The number of nitrogens with one attached hydrogen (secondary N) is 1. The summed E-state index contributed by atoms with van der Waals surface area (Å²) < 4.78 is 0. The molecule has 5 N–H and O–H groups in total. The summed E-state index contributed by atoms with van der Waals surface area (Å²) in [7, 11) is 0. The maximum absolute atomic E-state index is 8.94. The molecule has 0 radical (unpaired) electrons. The molecule has 1 saturated heterocycles. The van der Waals surface area contributed by atoms with Gasteiger partial charge in [-0.2, -0.15) is 0 Å². The SMILES string of the molecule is CC(C)(C)C1CNCCN1CCO.NC(=O)O. The number of aliphatic hydroxyl groups is 1. The second-order valence-electron chi connectivity index (χ2n) is 5.18. The minimum atomic E-state index is -1.33. The summed E-state index contributed by atoms with van der Waals surface area (Å²) in [4.78, 5) is 11.2. The number of primary amides is 1. The number of rotatable bonds is 2. The lowest BCUT2D eigenvalue weighted by Gasteiger charge is -2.43. The van der Waals surface area contributed by atoms with Crippen molar-refractivity contribution in [2.45, 2.75) is 26.8 Å². The summed E-state index contributed by atoms with van der Waals surface area (Å²) in [6.07, 6.45) is -1.33. The summed E-state index contributed by atoms with van der Waals surface area (Å²) in [5.41, 5.74) is 4.32. The van der Waals surface area contributed by atoms with Crippen LogP contribution in [0.3, 0.4) is 0 Å². The van der Waals surface area contributed by atoms with E-state index in [-0.39, 0.29) is 6.61 Å². The standard InChI is InChI=1S/C10H22N2O.CH3NO2/c1-10(2,3)9-8-11-4-5-12(9)6-7-13;2-1(3)4/h9,11,13H,4-8H2,1-3H3;2H2,(H,3,4). The maximum Gasteiger partial charge on any atom is 0.402 e. The Bertz CT molecular complexity index is 222. The van der Waals surface area contributed by atoms with Crippen LogP contribution in [0.2, 0.25) is 0 Å². The summed E-state index contributed by atoms with van der Waals surface area (Å²) in [6, 6.07) is 0.549. The minimum absolute atomic E-state index is 0.270. The summed E-state index contributed by atoms with van der Waals surface area (Å²) >= 11 is 0. The molecule has 1 aliphatic heterocycles. The largest absolute Gasteiger partial charge is 0.465 e. The molecule has 1 amide bonds. The van der Waals surface area contributed by atoms with Gasteiger partial charge in [0.05, 0.1) is 6.61 Å². The van der Waals surface area contributed by atoms with Gasteiger partial charge >= 0.3 is 6.09 Å². The van der Waals surface area contributed by atoms with Gasteiger partial charge in [-0.15, -0.1) is 0 Å². The van der Waals surface area contributed by atoms with Gasteiger partial charge in [0, 0.05) is 32.2 Å². The van der Waals surface area contributed by atoms with Crippen LogP contribution in [0.5, 0.6) is 0 Å². The van der Waals surface area contributed by atoms with Gasteiger partial charge in [-0.3, -0.25) is 4.90 Å². The number of hydrogen-bond acceptors (Lipinski definition) is 4. The number of carboxylic acid groups (broad SMARTS) is 1. The molecule has 17 heavy (non-hydrogen) atoms. The van der Waals surface area contributed by atoms with E-state index in [4.69, 9.17) is 15.0 Å². The smallest absolute Gasteiger partial charge is 0.402 e. The molecule has 6 heteroatoms. The third-order valence-corrected chi connectivity index (χ3v) is 2.74. The van der Waals surface area contributed by atoms with Gasteiger partial charge in [0.2, 0.25) is 0 Å². The zero-order valence-corrected chi connectivity index (χ0v) is 10.9. The number of hydrogen-bond donors (Lipinski definition) is 4. The molecule has 1 aliphatic rings. The van der Waals surface area contributed by atoms with E-state index in [9.17, 15) is 0 Å². The van der Waals surface area contributed by atoms with E-state index in [1.807, 2.05) is 0 Å². The molecule has 0 saturated carbocycles. The van der Waals surface area contributed by atoms with E-state index in [1.54, 1.807) is 0 Å². The van der Waals surface area contributed by atoms with Crippen LogP contribution < -0.4 is 11.1 Å². The van der Waals surface area contributed by atoms with Crippen LogP contribution in [0, 0.1) is 5.41 Å². The molecule has 0 spiro atoms. The summed E-state index contributed by atoms with van der Waals surface area (Å²) in [6.45, 7) is 11.0. The van der Waals surface area contributed by atoms with Gasteiger partial charge in [0.25, 0.3) is 0 Å². The Morgan fingerprint density at radius 1 is 1.53 bits per heavy atom. The first-order chi connectivity index (χ1) is 7.79. The van der Waals surface area contributed by atoms with Crippen molar-refractivity contribution in [1.82, 2.24) is 10.2 Å². The van der Waals surface area contributed by atoms with Gasteiger partial charge < -0.3 is 21.3 Å². The van der Waals surface area contributed by atoms with Gasteiger partial charge in [0.1, 0.15) is 0 Å². The first-order valence-electron chi connectivity index (χ1n) is 5.83. The first-order valence-corrected chi connectivity index (χ1v) is 5.83. The van der Waals surface area contributed by atoms with Crippen LogP contribution in [0.25, 0.3) is 0 Å². The van der Waals surface area contributed by atoms with E-state index in [2.05, 4.69) is 36.7 Å². The highest BCUT2D eigenvalue weighted by molar-refractivity contribution is 5.61. The molecule has 1 atom stereocenters. The van der Waals surface area contributed by atoms with E-state index >= 15 is 0 Å². The normalized spacial score (nSPS) is 21.5. The zero-order chi connectivity index (χ0) is 13.5. The van der Waals surface area contributed by atoms with Gasteiger partial charge in [-0.05, 0) is 5.41 Å². The molecular weight excluding hydrogens is 222 g/mol. The Morgan fingerprint density at radius 3 is 2.47 bits per heavy atom. The molecule has 1 unspecified atom stereocenters. The molecular formula is C11H25N3O3. The van der Waals surface area contributed by atoms with E-state index in [0.29, 0.717) is 11.5 Å². The van der Waals surface area contributed by atoms with Gasteiger partial charge in [-0.1, -0.05) is 20.8 Å². The topological polar surface area (TPSA) is 98.8 Å². The molecule has 0 aromatic heterocycles. The number of aliphatic hydroxyl groups excluding tert-OH is 1. The quantitative estimate of drug-likeness (QED) is 0.547.